The topological polar surface area (TPSA) is 63.6 Å². The lowest BCUT2D eigenvalue weighted by molar-refractivity contribution is -0.210. The van der Waals surface area contributed by atoms with Gasteiger partial charge in [-0.05, 0) is 103 Å². The second kappa shape index (κ2) is 8.09. The van der Waals surface area contributed by atoms with Crippen LogP contribution >= 0.6 is 0 Å². The van der Waals surface area contributed by atoms with E-state index in [9.17, 15) is 14.7 Å². The van der Waals surface area contributed by atoms with Gasteiger partial charge in [-0.2, -0.15) is 0 Å². The van der Waals surface area contributed by atoms with E-state index in [0.717, 1.165) is 44.9 Å². The third-order valence-corrected chi connectivity index (χ3v) is 13.0. The van der Waals surface area contributed by atoms with Crippen LogP contribution in [0.25, 0.3) is 0 Å². The number of fused-ring (bicyclic) bond motifs is 7. The van der Waals surface area contributed by atoms with Crippen molar-refractivity contribution in [2.45, 2.75) is 119 Å². The van der Waals surface area contributed by atoms with Crippen LogP contribution in [0.4, 0.5) is 0 Å². The summed E-state index contributed by atoms with van der Waals surface area (Å²) >= 11 is 0. The molecule has 0 heterocycles. The van der Waals surface area contributed by atoms with E-state index in [1.165, 1.54) is 12.8 Å². The first-order valence-electron chi connectivity index (χ1n) is 14.7. The van der Waals surface area contributed by atoms with Gasteiger partial charge in [0.25, 0.3) is 0 Å². The van der Waals surface area contributed by atoms with Gasteiger partial charge in [0.2, 0.25) is 0 Å². The minimum Gasteiger partial charge on any atom is -0.481 e. The molecule has 0 aromatic heterocycles. The van der Waals surface area contributed by atoms with Gasteiger partial charge in [0.05, 0.1) is 5.92 Å². The highest BCUT2D eigenvalue weighted by atomic mass is 16.5. The van der Waals surface area contributed by atoms with Crippen LogP contribution in [0.2, 0.25) is 0 Å². The molecule has 0 aromatic carbocycles. The standard InChI is InChI=1S/C32H50O4/c1-19(33)36-26-13-14-30(6)24(29(26,4)5)12-16-32(8)25(30)10-9-23-21-17-28(2,3)18-22(27(34)35)20(21)11-15-31(23,32)7/h9,20-22,24-26H,10-18H2,1-8H3,(H,34,35)/t20?,21?,22-,24?,25?,26?,30?,31?,32?/m1/s1. The van der Waals surface area contributed by atoms with Crippen LogP contribution in [-0.2, 0) is 14.3 Å². The fourth-order valence-corrected chi connectivity index (χ4v) is 11.2. The molecule has 5 aliphatic carbocycles. The minimum atomic E-state index is -0.582. The molecule has 0 aromatic rings. The summed E-state index contributed by atoms with van der Waals surface area (Å²) in [6.45, 7) is 18.5. The minimum absolute atomic E-state index is 0.00979. The Morgan fingerprint density at radius 1 is 0.917 bits per heavy atom. The highest BCUT2D eigenvalue weighted by molar-refractivity contribution is 5.71. The molecule has 1 N–H and O–H groups in total. The Labute approximate surface area is 219 Å². The summed E-state index contributed by atoms with van der Waals surface area (Å²) in [7, 11) is 0. The van der Waals surface area contributed by atoms with Crippen LogP contribution in [-0.4, -0.2) is 23.1 Å². The quantitative estimate of drug-likeness (QED) is 0.313. The zero-order valence-corrected chi connectivity index (χ0v) is 24.1. The average Bonchev–Trinajstić information content (AvgIpc) is 2.74. The molecule has 4 heteroatoms. The van der Waals surface area contributed by atoms with Crippen LogP contribution in [0.1, 0.15) is 113 Å². The number of carboxylic acid groups (broad SMARTS) is 1. The third kappa shape index (κ3) is 3.51. The van der Waals surface area contributed by atoms with Crippen molar-refractivity contribution >= 4 is 11.9 Å². The lowest BCUT2D eigenvalue weighted by Gasteiger charge is -2.70. The molecule has 9 atom stereocenters. The van der Waals surface area contributed by atoms with Crippen molar-refractivity contribution in [1.82, 2.24) is 0 Å². The molecule has 202 valence electrons. The number of hydrogen-bond donors (Lipinski definition) is 1. The van der Waals surface area contributed by atoms with E-state index >= 15 is 0 Å². The van der Waals surface area contributed by atoms with E-state index in [4.69, 9.17) is 4.74 Å². The molecule has 0 amide bonds. The van der Waals surface area contributed by atoms with E-state index in [2.05, 4.69) is 54.5 Å². The molecule has 5 rings (SSSR count). The number of allylic oxidation sites excluding steroid dienone is 2. The molecule has 0 bridgehead atoms. The molecule has 4 fully saturated rings. The van der Waals surface area contributed by atoms with Gasteiger partial charge in [0, 0.05) is 12.3 Å². The summed E-state index contributed by atoms with van der Waals surface area (Å²) < 4.78 is 5.88. The summed E-state index contributed by atoms with van der Waals surface area (Å²) in [5.41, 5.74) is 2.25. The number of carbonyl (C=O) groups excluding carboxylic acids is 1. The monoisotopic (exact) mass is 498 g/mol. The van der Waals surface area contributed by atoms with Gasteiger partial charge in [0.15, 0.2) is 0 Å². The number of rotatable bonds is 2. The van der Waals surface area contributed by atoms with Crippen molar-refractivity contribution in [2.24, 2.45) is 56.7 Å². The Kier molecular flexibility index (Phi) is 5.91. The van der Waals surface area contributed by atoms with Gasteiger partial charge >= 0.3 is 11.9 Å². The maximum Gasteiger partial charge on any atom is 0.306 e. The van der Waals surface area contributed by atoms with Crippen LogP contribution in [0.15, 0.2) is 11.6 Å². The summed E-state index contributed by atoms with van der Waals surface area (Å²) in [5, 5.41) is 10.1. The van der Waals surface area contributed by atoms with Gasteiger partial charge in [-0.1, -0.05) is 60.1 Å². The maximum atomic E-state index is 12.3. The normalized spacial score (nSPS) is 48.8. The molecule has 0 radical (unpaired) electrons. The Balaban J connectivity index is 1.52. The first-order chi connectivity index (χ1) is 16.6. The van der Waals surface area contributed by atoms with Crippen molar-refractivity contribution in [1.29, 1.82) is 0 Å². The zero-order valence-electron chi connectivity index (χ0n) is 24.1. The van der Waals surface area contributed by atoms with Gasteiger partial charge < -0.3 is 9.84 Å². The van der Waals surface area contributed by atoms with Gasteiger partial charge in [-0.25, -0.2) is 0 Å². The van der Waals surface area contributed by atoms with E-state index in [-0.39, 0.29) is 45.1 Å². The number of hydrogen-bond acceptors (Lipinski definition) is 3. The van der Waals surface area contributed by atoms with Crippen molar-refractivity contribution in [3.8, 4) is 0 Å². The van der Waals surface area contributed by atoms with Crippen molar-refractivity contribution < 1.29 is 19.4 Å². The van der Waals surface area contributed by atoms with Crippen molar-refractivity contribution in [3.05, 3.63) is 11.6 Å². The summed E-state index contributed by atoms with van der Waals surface area (Å²) in [5.74, 6) is 0.913. The molecule has 0 saturated heterocycles. The highest BCUT2D eigenvalue weighted by Crippen LogP contribution is 2.74. The predicted molar refractivity (Wildman–Crippen MR) is 142 cm³/mol. The van der Waals surface area contributed by atoms with E-state index in [1.807, 2.05) is 0 Å². The van der Waals surface area contributed by atoms with Crippen LogP contribution in [0.5, 0.6) is 0 Å². The molecule has 5 aliphatic rings. The maximum absolute atomic E-state index is 12.3. The number of ether oxygens (including phenoxy) is 1. The summed E-state index contributed by atoms with van der Waals surface area (Å²) in [6, 6.07) is 0. The second-order valence-electron chi connectivity index (χ2n) is 15.6. The molecule has 0 aliphatic heterocycles. The largest absolute Gasteiger partial charge is 0.481 e. The second-order valence-corrected chi connectivity index (χ2v) is 15.6. The molecule has 4 nitrogen and oxygen atoms in total. The van der Waals surface area contributed by atoms with Gasteiger partial charge in [0.1, 0.15) is 6.10 Å². The predicted octanol–water partition coefficient (Wildman–Crippen LogP) is 7.66. The van der Waals surface area contributed by atoms with E-state index in [1.54, 1.807) is 12.5 Å². The van der Waals surface area contributed by atoms with Crippen LogP contribution in [0.3, 0.4) is 0 Å². The summed E-state index contributed by atoms with van der Waals surface area (Å²) in [6.07, 6.45) is 12.3. The molecular weight excluding hydrogens is 448 g/mol. The molecule has 8 unspecified atom stereocenters. The lowest BCUT2D eigenvalue weighted by Crippen LogP contribution is -2.64. The molecule has 4 saturated carbocycles. The molecular formula is C32H50O4. The van der Waals surface area contributed by atoms with Crippen molar-refractivity contribution in [3.63, 3.8) is 0 Å². The fraction of sp³-hybridized carbons (Fsp3) is 0.875. The molecule has 36 heavy (non-hydrogen) atoms. The van der Waals surface area contributed by atoms with E-state index < -0.39 is 5.97 Å². The summed E-state index contributed by atoms with van der Waals surface area (Å²) in [4.78, 5) is 24.2. The number of carboxylic acids is 1. The number of esters is 1. The van der Waals surface area contributed by atoms with E-state index in [0.29, 0.717) is 23.7 Å². The third-order valence-electron chi connectivity index (χ3n) is 13.0. The zero-order chi connectivity index (χ0) is 26.5. The Morgan fingerprint density at radius 2 is 1.61 bits per heavy atom. The van der Waals surface area contributed by atoms with Crippen molar-refractivity contribution in [2.75, 3.05) is 0 Å². The van der Waals surface area contributed by atoms with Crippen LogP contribution in [0, 0.1) is 56.7 Å². The highest BCUT2D eigenvalue weighted by Gasteiger charge is 2.67. The van der Waals surface area contributed by atoms with Gasteiger partial charge in [-0.3, -0.25) is 9.59 Å². The Hall–Kier alpha value is -1.32. The SMILES string of the molecule is CC(=O)OC1CCC2(C)C(CCC3(C)C2CC=C2C4CC(C)(C)C[C@@H](C(=O)O)C4CCC23C)C1(C)C. The first kappa shape index (κ1) is 26.3. The smallest absolute Gasteiger partial charge is 0.306 e. The number of aliphatic carboxylic acids is 1. The van der Waals surface area contributed by atoms with Gasteiger partial charge in [-0.15, -0.1) is 0 Å². The first-order valence-corrected chi connectivity index (χ1v) is 14.7. The number of carbonyl (C=O) groups is 2. The fourth-order valence-electron chi connectivity index (χ4n) is 11.2. The molecule has 0 spiro atoms. The van der Waals surface area contributed by atoms with Crippen LogP contribution < -0.4 is 0 Å². The lowest BCUT2D eigenvalue weighted by atomic mass is 9.34. The Morgan fingerprint density at radius 3 is 2.25 bits per heavy atom. The average molecular weight is 499 g/mol. The Bertz CT molecular complexity index is 977.